The fourth-order valence-electron chi connectivity index (χ4n) is 2.79. The Bertz CT molecular complexity index is 565. The first kappa shape index (κ1) is 16.5. The van der Waals surface area contributed by atoms with E-state index in [9.17, 15) is 14.3 Å². The van der Waals surface area contributed by atoms with Crippen molar-refractivity contribution in [2.45, 2.75) is 31.3 Å². The Balaban J connectivity index is 1.98. The summed E-state index contributed by atoms with van der Waals surface area (Å²) >= 11 is 0. The Morgan fingerprint density at radius 1 is 1.45 bits per heavy atom. The molecule has 0 spiro atoms. The molecule has 1 aromatic carbocycles. The largest absolute Gasteiger partial charge is 0.494 e. The van der Waals surface area contributed by atoms with E-state index in [2.05, 4.69) is 0 Å². The van der Waals surface area contributed by atoms with Crippen LogP contribution in [0, 0.1) is 5.82 Å². The number of nitrogens with zero attached hydrogens (tertiary/aromatic N) is 1. The van der Waals surface area contributed by atoms with Gasteiger partial charge in [-0.3, -0.25) is 4.79 Å². The Labute approximate surface area is 130 Å². The van der Waals surface area contributed by atoms with Crippen LogP contribution in [-0.4, -0.2) is 42.2 Å². The SMILES string of the molecule is COc1cc(/C=C/C(=O)N(C)CC2(O)CCCC2)ccc1F. The standard InChI is InChI=1S/C17H22FNO3/c1-19(12-17(21)9-3-4-10-17)16(20)8-6-13-5-7-14(18)15(11-13)22-2/h5-8,11,21H,3-4,9-10,12H2,1-2H3/b8-6+. The molecule has 2 rings (SSSR count). The van der Waals surface area contributed by atoms with E-state index in [1.54, 1.807) is 19.2 Å². The molecule has 0 atom stereocenters. The lowest BCUT2D eigenvalue weighted by molar-refractivity contribution is -0.127. The molecule has 22 heavy (non-hydrogen) atoms. The molecule has 1 N–H and O–H groups in total. The molecule has 1 fully saturated rings. The summed E-state index contributed by atoms with van der Waals surface area (Å²) in [7, 11) is 3.07. The summed E-state index contributed by atoms with van der Waals surface area (Å²) in [5.41, 5.74) is -0.0725. The molecular weight excluding hydrogens is 285 g/mol. The number of ether oxygens (including phenoxy) is 1. The van der Waals surface area contributed by atoms with Crippen LogP contribution < -0.4 is 4.74 Å². The third kappa shape index (κ3) is 4.07. The highest BCUT2D eigenvalue weighted by atomic mass is 19.1. The van der Waals surface area contributed by atoms with Crippen LogP contribution in [0.4, 0.5) is 4.39 Å². The second kappa shape index (κ2) is 6.92. The zero-order chi connectivity index (χ0) is 16.2. The van der Waals surface area contributed by atoms with Gasteiger partial charge in [0.15, 0.2) is 11.6 Å². The molecule has 0 aromatic heterocycles. The molecule has 5 heteroatoms. The summed E-state index contributed by atoms with van der Waals surface area (Å²) in [5, 5.41) is 10.3. The molecule has 0 unspecified atom stereocenters. The van der Waals surface area contributed by atoms with E-state index in [0.29, 0.717) is 12.1 Å². The third-order valence-electron chi connectivity index (χ3n) is 4.04. The molecule has 1 aliphatic rings. The normalized spacial score (nSPS) is 16.9. The van der Waals surface area contributed by atoms with E-state index in [4.69, 9.17) is 4.74 Å². The summed E-state index contributed by atoms with van der Waals surface area (Å²) < 4.78 is 18.2. The number of amides is 1. The van der Waals surface area contributed by atoms with E-state index < -0.39 is 11.4 Å². The minimum Gasteiger partial charge on any atom is -0.494 e. The molecule has 0 aliphatic heterocycles. The molecule has 120 valence electrons. The van der Waals surface area contributed by atoms with E-state index in [1.807, 2.05) is 0 Å². The monoisotopic (exact) mass is 307 g/mol. The zero-order valence-electron chi connectivity index (χ0n) is 13.0. The van der Waals surface area contributed by atoms with Gasteiger partial charge in [-0.25, -0.2) is 4.39 Å². The van der Waals surface area contributed by atoms with E-state index in [0.717, 1.165) is 25.7 Å². The predicted octanol–water partition coefficient (Wildman–Crippen LogP) is 2.61. The van der Waals surface area contributed by atoms with Gasteiger partial charge in [-0.15, -0.1) is 0 Å². The van der Waals surface area contributed by atoms with Gasteiger partial charge in [-0.2, -0.15) is 0 Å². The fraction of sp³-hybridized carbons (Fsp3) is 0.471. The van der Waals surface area contributed by atoms with Gasteiger partial charge in [0.25, 0.3) is 0 Å². The summed E-state index contributed by atoms with van der Waals surface area (Å²) in [6, 6.07) is 4.41. The quantitative estimate of drug-likeness (QED) is 0.851. The van der Waals surface area contributed by atoms with Crippen LogP contribution in [0.2, 0.25) is 0 Å². The van der Waals surface area contributed by atoms with Gasteiger partial charge in [0.2, 0.25) is 5.91 Å². The average molecular weight is 307 g/mol. The predicted molar refractivity (Wildman–Crippen MR) is 83.0 cm³/mol. The molecule has 0 bridgehead atoms. The van der Waals surface area contributed by atoms with Crippen LogP contribution in [0.15, 0.2) is 24.3 Å². The van der Waals surface area contributed by atoms with Crippen LogP contribution in [-0.2, 0) is 4.79 Å². The number of hydrogen-bond donors (Lipinski definition) is 1. The first-order valence-electron chi connectivity index (χ1n) is 7.43. The van der Waals surface area contributed by atoms with Gasteiger partial charge in [-0.1, -0.05) is 18.9 Å². The zero-order valence-corrected chi connectivity index (χ0v) is 13.0. The van der Waals surface area contributed by atoms with Crippen molar-refractivity contribution < 1.29 is 19.0 Å². The summed E-state index contributed by atoms with van der Waals surface area (Å²) in [4.78, 5) is 13.6. The van der Waals surface area contributed by atoms with Crippen molar-refractivity contribution in [3.8, 4) is 5.75 Å². The average Bonchev–Trinajstić information content (AvgIpc) is 2.92. The van der Waals surface area contributed by atoms with Gasteiger partial charge < -0.3 is 14.7 Å². The number of rotatable bonds is 5. The molecule has 1 aromatic rings. The van der Waals surface area contributed by atoms with E-state index in [1.165, 1.54) is 30.2 Å². The highest BCUT2D eigenvalue weighted by molar-refractivity contribution is 5.91. The number of hydrogen-bond acceptors (Lipinski definition) is 3. The highest BCUT2D eigenvalue weighted by Crippen LogP contribution is 2.30. The Morgan fingerprint density at radius 2 is 2.14 bits per heavy atom. The van der Waals surface area contributed by atoms with Crippen LogP contribution in [0.1, 0.15) is 31.2 Å². The maximum Gasteiger partial charge on any atom is 0.246 e. The Morgan fingerprint density at radius 3 is 2.77 bits per heavy atom. The summed E-state index contributed by atoms with van der Waals surface area (Å²) in [6.45, 7) is 0.336. The second-order valence-electron chi connectivity index (χ2n) is 5.85. The maximum atomic E-state index is 13.3. The van der Waals surface area contributed by atoms with Crippen molar-refractivity contribution in [3.05, 3.63) is 35.7 Å². The third-order valence-corrected chi connectivity index (χ3v) is 4.04. The van der Waals surface area contributed by atoms with Crippen molar-refractivity contribution in [2.24, 2.45) is 0 Å². The van der Waals surface area contributed by atoms with Crippen molar-refractivity contribution >= 4 is 12.0 Å². The number of carbonyl (C=O) groups excluding carboxylic acids is 1. The van der Waals surface area contributed by atoms with Crippen molar-refractivity contribution in [2.75, 3.05) is 20.7 Å². The molecule has 0 saturated heterocycles. The summed E-state index contributed by atoms with van der Waals surface area (Å²) in [6.07, 6.45) is 6.52. The summed E-state index contributed by atoms with van der Waals surface area (Å²) in [5.74, 6) is -0.488. The Kier molecular flexibility index (Phi) is 5.19. The van der Waals surface area contributed by atoms with Crippen LogP contribution >= 0.6 is 0 Å². The van der Waals surface area contributed by atoms with Gasteiger partial charge in [-0.05, 0) is 36.6 Å². The van der Waals surface area contributed by atoms with E-state index in [-0.39, 0.29) is 11.7 Å². The number of benzene rings is 1. The van der Waals surface area contributed by atoms with Crippen LogP contribution in [0.5, 0.6) is 5.75 Å². The number of methoxy groups -OCH3 is 1. The Hall–Kier alpha value is -1.88. The van der Waals surface area contributed by atoms with Crippen molar-refractivity contribution in [3.63, 3.8) is 0 Å². The molecule has 1 saturated carbocycles. The van der Waals surface area contributed by atoms with Gasteiger partial charge in [0.1, 0.15) is 0 Å². The molecular formula is C17H22FNO3. The highest BCUT2D eigenvalue weighted by Gasteiger charge is 2.32. The van der Waals surface area contributed by atoms with Gasteiger partial charge in [0, 0.05) is 19.7 Å². The number of likely N-dealkylation sites (N-methyl/N-ethyl adjacent to an activating group) is 1. The van der Waals surface area contributed by atoms with Crippen molar-refractivity contribution in [1.29, 1.82) is 0 Å². The molecule has 1 amide bonds. The number of carbonyl (C=O) groups is 1. The minimum atomic E-state index is -0.753. The lowest BCUT2D eigenvalue weighted by Gasteiger charge is -2.27. The lowest BCUT2D eigenvalue weighted by atomic mass is 10.0. The van der Waals surface area contributed by atoms with Crippen LogP contribution in [0.25, 0.3) is 6.08 Å². The molecule has 1 aliphatic carbocycles. The fourth-order valence-corrected chi connectivity index (χ4v) is 2.79. The first-order valence-corrected chi connectivity index (χ1v) is 7.43. The molecule has 4 nitrogen and oxygen atoms in total. The number of halogens is 1. The lowest BCUT2D eigenvalue weighted by Crippen LogP contribution is -2.41. The molecule has 0 radical (unpaired) electrons. The minimum absolute atomic E-state index is 0.142. The topological polar surface area (TPSA) is 49.8 Å². The van der Waals surface area contributed by atoms with Crippen LogP contribution in [0.3, 0.4) is 0 Å². The molecule has 0 heterocycles. The maximum absolute atomic E-state index is 13.3. The van der Waals surface area contributed by atoms with E-state index >= 15 is 0 Å². The van der Waals surface area contributed by atoms with Gasteiger partial charge >= 0.3 is 0 Å². The number of aliphatic hydroxyl groups is 1. The smallest absolute Gasteiger partial charge is 0.246 e. The van der Waals surface area contributed by atoms with Gasteiger partial charge in [0.05, 0.1) is 12.7 Å². The second-order valence-corrected chi connectivity index (χ2v) is 5.85. The first-order chi connectivity index (χ1) is 10.4. The van der Waals surface area contributed by atoms with Crippen molar-refractivity contribution in [1.82, 2.24) is 4.90 Å².